The van der Waals surface area contributed by atoms with Gasteiger partial charge in [0.25, 0.3) is 0 Å². The van der Waals surface area contributed by atoms with Crippen LogP contribution in [0.2, 0.25) is 0 Å². The summed E-state index contributed by atoms with van der Waals surface area (Å²) in [7, 11) is 0. The summed E-state index contributed by atoms with van der Waals surface area (Å²) in [5, 5.41) is 0. The fourth-order valence-corrected chi connectivity index (χ4v) is 5.89. The van der Waals surface area contributed by atoms with Crippen LogP contribution < -0.4 is 0 Å². The fraction of sp³-hybridized carbons (Fsp3) is 0.708. The molecule has 3 rings (SSSR count). The first-order valence-corrected chi connectivity index (χ1v) is 11.0. The molecule has 0 amide bonds. The summed E-state index contributed by atoms with van der Waals surface area (Å²) in [5.41, 5.74) is 0. The lowest BCUT2D eigenvalue weighted by Crippen LogP contribution is -2.46. The number of carbonyl (C=O) groups is 1. The standard InChI is InChI=1S/C24H38N2O2/c1-6-20-14-21(7-2)22(15-20)24(27)28-11-10-25-8-9-26(16-25)23-18(4)12-17(3)13-19(23)5/h6-9,17-23H,1-2,10-16H2,3-5H3/t17?,18-,19-,20?,21?,22?,23?/m1/s1. The van der Waals surface area contributed by atoms with Crippen molar-refractivity contribution in [3.05, 3.63) is 37.7 Å². The molecule has 28 heavy (non-hydrogen) atoms. The van der Waals surface area contributed by atoms with Crippen LogP contribution in [0.3, 0.4) is 0 Å². The number of carbonyl (C=O) groups excluding carboxylic acids is 1. The number of ether oxygens (including phenoxy) is 1. The third kappa shape index (κ3) is 4.64. The Labute approximate surface area is 171 Å². The van der Waals surface area contributed by atoms with Crippen molar-refractivity contribution in [3.63, 3.8) is 0 Å². The average Bonchev–Trinajstić information content (AvgIpc) is 3.27. The largest absolute Gasteiger partial charge is 0.464 e. The highest BCUT2D eigenvalue weighted by atomic mass is 16.5. The maximum atomic E-state index is 12.5. The number of esters is 1. The molecule has 0 aromatic carbocycles. The summed E-state index contributed by atoms with van der Waals surface area (Å²) in [6.07, 6.45) is 12.7. The lowest BCUT2D eigenvalue weighted by Gasteiger charge is -2.43. The van der Waals surface area contributed by atoms with E-state index in [0.29, 0.717) is 18.6 Å². The van der Waals surface area contributed by atoms with Gasteiger partial charge in [-0.05, 0) is 55.3 Å². The predicted molar refractivity (Wildman–Crippen MR) is 114 cm³/mol. The van der Waals surface area contributed by atoms with E-state index < -0.39 is 0 Å². The van der Waals surface area contributed by atoms with Crippen molar-refractivity contribution in [2.45, 2.75) is 52.5 Å². The number of nitrogens with zero attached hydrogens (tertiary/aromatic N) is 2. The van der Waals surface area contributed by atoms with E-state index in [4.69, 9.17) is 4.74 Å². The zero-order chi connectivity index (χ0) is 20.3. The predicted octanol–water partition coefficient (Wildman–Crippen LogP) is 4.66. The highest BCUT2D eigenvalue weighted by molar-refractivity contribution is 5.73. The minimum absolute atomic E-state index is 0.0583. The molecule has 0 saturated heterocycles. The van der Waals surface area contributed by atoms with Crippen molar-refractivity contribution in [1.29, 1.82) is 0 Å². The third-order valence-electron chi connectivity index (χ3n) is 7.12. The van der Waals surface area contributed by atoms with Gasteiger partial charge in [0.2, 0.25) is 0 Å². The van der Waals surface area contributed by atoms with Crippen LogP contribution in [0.1, 0.15) is 46.5 Å². The van der Waals surface area contributed by atoms with Gasteiger partial charge in [0.05, 0.1) is 19.1 Å². The zero-order valence-electron chi connectivity index (χ0n) is 17.9. The molecular formula is C24H38N2O2. The molecule has 4 nitrogen and oxygen atoms in total. The number of hydrogen-bond acceptors (Lipinski definition) is 4. The van der Waals surface area contributed by atoms with Crippen LogP contribution in [0.4, 0.5) is 0 Å². The van der Waals surface area contributed by atoms with Crippen molar-refractivity contribution >= 4 is 5.97 Å². The van der Waals surface area contributed by atoms with Gasteiger partial charge in [-0.1, -0.05) is 32.9 Å². The van der Waals surface area contributed by atoms with Crippen molar-refractivity contribution in [1.82, 2.24) is 9.80 Å². The van der Waals surface area contributed by atoms with Crippen molar-refractivity contribution in [2.24, 2.45) is 35.5 Å². The Morgan fingerprint density at radius 3 is 2.43 bits per heavy atom. The van der Waals surface area contributed by atoms with Gasteiger partial charge in [0.15, 0.2) is 0 Å². The van der Waals surface area contributed by atoms with Crippen molar-refractivity contribution in [2.75, 3.05) is 19.8 Å². The number of rotatable bonds is 7. The highest BCUT2D eigenvalue weighted by Crippen LogP contribution is 2.39. The maximum Gasteiger partial charge on any atom is 0.309 e. The lowest BCUT2D eigenvalue weighted by molar-refractivity contribution is -0.149. The quantitative estimate of drug-likeness (QED) is 0.470. The Kier molecular flexibility index (Phi) is 6.90. The van der Waals surface area contributed by atoms with Gasteiger partial charge in [0, 0.05) is 18.4 Å². The van der Waals surface area contributed by atoms with Gasteiger partial charge in [-0.25, -0.2) is 0 Å². The Bertz CT molecular complexity index is 589. The summed E-state index contributed by atoms with van der Waals surface area (Å²) in [4.78, 5) is 17.3. The van der Waals surface area contributed by atoms with Gasteiger partial charge in [-0.15, -0.1) is 13.2 Å². The van der Waals surface area contributed by atoms with Gasteiger partial charge in [0.1, 0.15) is 6.61 Å². The van der Waals surface area contributed by atoms with Crippen LogP contribution in [0.5, 0.6) is 0 Å². The second-order valence-corrected chi connectivity index (χ2v) is 9.43. The molecule has 0 N–H and O–H groups in total. The molecule has 2 fully saturated rings. The SMILES string of the molecule is C=CC1CC(C=C)C(C(=O)OCCN2C=CN(C3[C@H](C)CC(C)C[C@H]3C)C2)C1. The van der Waals surface area contributed by atoms with Crippen LogP contribution in [-0.2, 0) is 9.53 Å². The molecule has 0 aromatic heterocycles. The van der Waals surface area contributed by atoms with E-state index in [-0.39, 0.29) is 17.8 Å². The molecule has 3 aliphatic rings. The molecule has 5 atom stereocenters. The topological polar surface area (TPSA) is 32.8 Å². The zero-order valence-corrected chi connectivity index (χ0v) is 17.9. The number of allylic oxidation sites excluding steroid dienone is 2. The molecule has 2 aliphatic carbocycles. The third-order valence-corrected chi connectivity index (χ3v) is 7.12. The molecule has 0 spiro atoms. The van der Waals surface area contributed by atoms with E-state index in [1.165, 1.54) is 12.8 Å². The van der Waals surface area contributed by atoms with E-state index in [0.717, 1.165) is 43.8 Å². The maximum absolute atomic E-state index is 12.5. The lowest BCUT2D eigenvalue weighted by atomic mass is 9.73. The van der Waals surface area contributed by atoms with Crippen LogP contribution in [-0.4, -0.2) is 41.6 Å². The van der Waals surface area contributed by atoms with Crippen LogP contribution in [0, 0.1) is 35.5 Å². The van der Waals surface area contributed by atoms with Crippen LogP contribution in [0.25, 0.3) is 0 Å². The molecule has 1 heterocycles. The Balaban J connectivity index is 1.43. The van der Waals surface area contributed by atoms with Gasteiger partial charge < -0.3 is 14.5 Å². The number of hydrogen-bond donors (Lipinski definition) is 0. The molecule has 0 aromatic rings. The first-order chi connectivity index (χ1) is 13.4. The summed E-state index contributed by atoms with van der Waals surface area (Å²) in [5.74, 6) is 2.76. The monoisotopic (exact) mass is 386 g/mol. The summed E-state index contributed by atoms with van der Waals surface area (Å²) < 4.78 is 5.63. The smallest absolute Gasteiger partial charge is 0.309 e. The highest BCUT2D eigenvalue weighted by Gasteiger charge is 2.37. The molecule has 0 bridgehead atoms. The van der Waals surface area contributed by atoms with E-state index in [9.17, 15) is 4.79 Å². The van der Waals surface area contributed by atoms with E-state index >= 15 is 0 Å². The van der Waals surface area contributed by atoms with Crippen molar-refractivity contribution < 1.29 is 9.53 Å². The first kappa shape index (κ1) is 21.0. The minimum Gasteiger partial charge on any atom is -0.464 e. The minimum atomic E-state index is -0.0715. The van der Waals surface area contributed by atoms with Crippen LogP contribution >= 0.6 is 0 Å². The molecule has 2 saturated carbocycles. The fourth-order valence-electron chi connectivity index (χ4n) is 5.89. The van der Waals surface area contributed by atoms with Gasteiger partial charge >= 0.3 is 5.97 Å². The molecule has 1 aliphatic heterocycles. The van der Waals surface area contributed by atoms with E-state index in [2.05, 4.69) is 56.1 Å². The Hall–Kier alpha value is -1.71. The van der Waals surface area contributed by atoms with Crippen LogP contribution in [0.15, 0.2) is 37.7 Å². The Morgan fingerprint density at radius 2 is 1.79 bits per heavy atom. The summed E-state index contributed by atoms with van der Waals surface area (Å²) in [6.45, 7) is 17.0. The van der Waals surface area contributed by atoms with Crippen molar-refractivity contribution in [3.8, 4) is 0 Å². The first-order valence-electron chi connectivity index (χ1n) is 11.0. The molecule has 0 radical (unpaired) electrons. The summed E-state index contributed by atoms with van der Waals surface area (Å²) in [6, 6.07) is 0.614. The molecule has 4 heteroatoms. The second kappa shape index (κ2) is 9.19. The van der Waals surface area contributed by atoms with E-state index in [1.54, 1.807) is 0 Å². The average molecular weight is 387 g/mol. The summed E-state index contributed by atoms with van der Waals surface area (Å²) >= 11 is 0. The second-order valence-electron chi connectivity index (χ2n) is 9.43. The molecule has 156 valence electrons. The van der Waals surface area contributed by atoms with E-state index in [1.807, 2.05) is 12.2 Å². The Morgan fingerprint density at radius 1 is 1.07 bits per heavy atom. The normalized spacial score (nSPS) is 37.9. The van der Waals surface area contributed by atoms with Gasteiger partial charge in [-0.2, -0.15) is 0 Å². The molecular weight excluding hydrogens is 348 g/mol. The molecule has 3 unspecified atom stereocenters. The van der Waals surface area contributed by atoms with Gasteiger partial charge in [-0.3, -0.25) is 4.79 Å².